The molecule has 10 unspecified atom stereocenters. The molecule has 188 valence electrons. The van der Waals surface area contributed by atoms with Crippen LogP contribution >= 0.6 is 0 Å². The Hall–Kier alpha value is -0.640. The van der Waals surface area contributed by atoms with Crippen LogP contribution in [0.15, 0.2) is 23.8 Å². The van der Waals surface area contributed by atoms with Gasteiger partial charge in [-0.2, -0.15) is 0 Å². The van der Waals surface area contributed by atoms with E-state index in [1.807, 2.05) is 13.8 Å². The number of hydrogen-bond donors (Lipinski definition) is 3. The summed E-state index contributed by atoms with van der Waals surface area (Å²) in [6.45, 7) is 17.9. The zero-order chi connectivity index (χ0) is 24.6. The minimum absolute atomic E-state index is 0.00973. The fraction of sp³-hybridized carbons (Fsp3) is 0.867. The summed E-state index contributed by atoms with van der Waals surface area (Å²) in [5, 5.41) is 32.3. The Morgan fingerprint density at radius 1 is 0.970 bits per heavy atom. The van der Waals surface area contributed by atoms with Gasteiger partial charge in [-0.25, -0.2) is 0 Å². The van der Waals surface area contributed by atoms with E-state index >= 15 is 0 Å². The van der Waals surface area contributed by atoms with Crippen molar-refractivity contribution >= 4 is 0 Å². The number of aliphatic hydroxyl groups is 3. The average Bonchev–Trinajstić information content (AvgIpc) is 3.07. The molecule has 0 bridgehead atoms. The molecule has 0 aromatic carbocycles. The normalized spacial score (nSPS) is 49.7. The standard InChI is InChI=1S/C30H50O3/c1-19(9-10-20(2)26(3,4)33)22-11-12-23-24-17-25(32)29(7)18-21(31)13-14-30(29,8)28(24,6)16-15-27(22,23)5/h9-10,17,19-23,25,31-33H,11-16,18H2,1-8H3. The van der Waals surface area contributed by atoms with Gasteiger partial charge in [0.15, 0.2) is 0 Å². The van der Waals surface area contributed by atoms with Crippen LogP contribution in [-0.4, -0.2) is 33.1 Å². The summed E-state index contributed by atoms with van der Waals surface area (Å²) in [6, 6.07) is 0. The summed E-state index contributed by atoms with van der Waals surface area (Å²) in [7, 11) is 0. The van der Waals surface area contributed by atoms with E-state index in [4.69, 9.17) is 0 Å². The maximum Gasteiger partial charge on any atom is 0.0783 e. The Kier molecular flexibility index (Phi) is 6.12. The second-order valence-electron chi connectivity index (χ2n) is 14.0. The van der Waals surface area contributed by atoms with Crippen molar-refractivity contribution in [3.8, 4) is 0 Å². The predicted molar refractivity (Wildman–Crippen MR) is 136 cm³/mol. The highest BCUT2D eigenvalue weighted by atomic mass is 16.3. The summed E-state index contributed by atoms with van der Waals surface area (Å²) < 4.78 is 0. The van der Waals surface area contributed by atoms with Crippen molar-refractivity contribution in [1.82, 2.24) is 0 Å². The highest BCUT2D eigenvalue weighted by molar-refractivity contribution is 5.36. The van der Waals surface area contributed by atoms with Crippen LogP contribution in [0, 0.1) is 45.3 Å². The van der Waals surface area contributed by atoms with E-state index in [1.54, 1.807) is 0 Å². The molecule has 10 atom stereocenters. The van der Waals surface area contributed by atoms with Crippen LogP contribution in [0.3, 0.4) is 0 Å². The zero-order valence-corrected chi connectivity index (χ0v) is 22.5. The Morgan fingerprint density at radius 3 is 2.27 bits per heavy atom. The number of aliphatic hydroxyl groups excluding tert-OH is 2. The quantitative estimate of drug-likeness (QED) is 0.435. The molecular formula is C30H50O3. The fourth-order valence-electron chi connectivity index (χ4n) is 8.92. The molecule has 4 aliphatic rings. The van der Waals surface area contributed by atoms with Gasteiger partial charge >= 0.3 is 0 Å². The van der Waals surface area contributed by atoms with Gasteiger partial charge in [0.2, 0.25) is 0 Å². The number of allylic oxidation sites excluding steroid dienone is 2. The lowest BCUT2D eigenvalue weighted by atomic mass is 9.37. The minimum Gasteiger partial charge on any atom is -0.393 e. The third-order valence-corrected chi connectivity index (χ3v) is 12.1. The lowest BCUT2D eigenvalue weighted by Gasteiger charge is -2.68. The highest BCUT2D eigenvalue weighted by Gasteiger charge is 2.68. The first-order valence-electron chi connectivity index (χ1n) is 13.6. The second-order valence-corrected chi connectivity index (χ2v) is 14.0. The van der Waals surface area contributed by atoms with Gasteiger partial charge in [-0.3, -0.25) is 0 Å². The lowest BCUT2D eigenvalue weighted by molar-refractivity contribution is -0.177. The van der Waals surface area contributed by atoms with Crippen LogP contribution in [0.25, 0.3) is 0 Å². The van der Waals surface area contributed by atoms with Crippen molar-refractivity contribution in [2.45, 2.75) is 118 Å². The largest absolute Gasteiger partial charge is 0.393 e. The molecule has 0 heterocycles. The second kappa shape index (κ2) is 7.93. The van der Waals surface area contributed by atoms with Gasteiger partial charge in [0.05, 0.1) is 17.8 Å². The summed E-state index contributed by atoms with van der Waals surface area (Å²) >= 11 is 0. The first-order chi connectivity index (χ1) is 15.1. The SMILES string of the molecule is CC(C=CC(C)C(C)(C)O)C1CCC2C3=CC(O)C4(C)CC(O)CCC4(C)C3(C)CCC21C. The average molecular weight is 459 g/mol. The number of fused-ring (bicyclic) bond motifs is 5. The molecule has 4 aliphatic carbocycles. The Bertz CT molecular complexity index is 823. The third-order valence-electron chi connectivity index (χ3n) is 12.1. The number of hydrogen-bond acceptors (Lipinski definition) is 3. The molecule has 33 heavy (non-hydrogen) atoms. The minimum atomic E-state index is -0.691. The van der Waals surface area contributed by atoms with E-state index in [-0.39, 0.29) is 33.7 Å². The molecule has 0 aromatic rings. The molecule has 3 nitrogen and oxygen atoms in total. The van der Waals surface area contributed by atoms with Crippen molar-refractivity contribution in [3.63, 3.8) is 0 Å². The fourth-order valence-corrected chi connectivity index (χ4v) is 8.92. The zero-order valence-electron chi connectivity index (χ0n) is 22.5. The van der Waals surface area contributed by atoms with E-state index in [9.17, 15) is 15.3 Å². The van der Waals surface area contributed by atoms with Crippen molar-refractivity contribution in [2.24, 2.45) is 45.3 Å². The van der Waals surface area contributed by atoms with Crippen molar-refractivity contribution in [3.05, 3.63) is 23.8 Å². The summed E-state index contributed by atoms with van der Waals surface area (Å²) in [6.07, 6.45) is 13.5. The molecule has 0 aromatic heterocycles. The molecule has 3 heteroatoms. The third kappa shape index (κ3) is 3.54. The van der Waals surface area contributed by atoms with E-state index < -0.39 is 11.7 Å². The summed E-state index contributed by atoms with van der Waals surface area (Å²) in [4.78, 5) is 0. The topological polar surface area (TPSA) is 60.7 Å². The lowest BCUT2D eigenvalue weighted by Crippen LogP contribution is -2.63. The van der Waals surface area contributed by atoms with Crippen LogP contribution in [0.4, 0.5) is 0 Å². The van der Waals surface area contributed by atoms with E-state index in [0.29, 0.717) is 24.2 Å². The van der Waals surface area contributed by atoms with Gasteiger partial charge in [0, 0.05) is 11.3 Å². The molecule has 3 N–H and O–H groups in total. The molecule has 0 aliphatic heterocycles. The molecule has 0 spiro atoms. The van der Waals surface area contributed by atoms with Crippen molar-refractivity contribution in [1.29, 1.82) is 0 Å². The predicted octanol–water partition coefficient (Wildman–Crippen LogP) is 6.28. The van der Waals surface area contributed by atoms with Gasteiger partial charge in [0.1, 0.15) is 0 Å². The van der Waals surface area contributed by atoms with Gasteiger partial charge in [-0.15, -0.1) is 0 Å². The molecule has 3 saturated carbocycles. The smallest absolute Gasteiger partial charge is 0.0783 e. The van der Waals surface area contributed by atoms with Gasteiger partial charge in [0.25, 0.3) is 0 Å². The van der Waals surface area contributed by atoms with E-state index in [1.165, 1.54) is 31.3 Å². The summed E-state index contributed by atoms with van der Waals surface area (Å²) in [5.41, 5.74) is 0.931. The van der Waals surface area contributed by atoms with E-state index in [2.05, 4.69) is 59.8 Å². The molecule has 4 rings (SSSR count). The summed E-state index contributed by atoms with van der Waals surface area (Å²) in [5.74, 6) is 1.78. The maximum atomic E-state index is 11.5. The molecule has 0 radical (unpaired) electrons. The van der Waals surface area contributed by atoms with E-state index in [0.717, 1.165) is 12.8 Å². The molecule has 3 fully saturated rings. The van der Waals surface area contributed by atoms with Gasteiger partial charge < -0.3 is 15.3 Å². The Morgan fingerprint density at radius 2 is 1.64 bits per heavy atom. The van der Waals surface area contributed by atoms with Gasteiger partial charge in [-0.05, 0) is 92.8 Å². The van der Waals surface area contributed by atoms with Gasteiger partial charge in [-0.1, -0.05) is 65.3 Å². The first-order valence-corrected chi connectivity index (χ1v) is 13.6. The van der Waals surface area contributed by atoms with Crippen molar-refractivity contribution in [2.75, 3.05) is 0 Å². The van der Waals surface area contributed by atoms with Crippen LogP contribution < -0.4 is 0 Å². The number of rotatable bonds is 4. The first kappa shape index (κ1) is 25.5. The maximum absolute atomic E-state index is 11.5. The molecular weight excluding hydrogens is 408 g/mol. The monoisotopic (exact) mass is 458 g/mol. The van der Waals surface area contributed by atoms with Crippen LogP contribution in [0.5, 0.6) is 0 Å². The molecule has 0 amide bonds. The van der Waals surface area contributed by atoms with Crippen LogP contribution in [0.1, 0.15) is 100 Å². The molecule has 0 saturated heterocycles. The van der Waals surface area contributed by atoms with Crippen molar-refractivity contribution < 1.29 is 15.3 Å². The van der Waals surface area contributed by atoms with Crippen LogP contribution in [0.2, 0.25) is 0 Å². The Labute approximate surface area is 202 Å². The highest BCUT2D eigenvalue weighted by Crippen LogP contribution is 2.74. The van der Waals surface area contributed by atoms with Crippen LogP contribution in [-0.2, 0) is 0 Å². The Balaban J connectivity index is 1.65.